The van der Waals surface area contributed by atoms with Gasteiger partial charge in [-0.2, -0.15) is 0 Å². The zero-order valence-corrected chi connectivity index (χ0v) is 15.1. The normalized spacial score (nSPS) is 10.6. The van der Waals surface area contributed by atoms with E-state index in [1.165, 1.54) is 16.9 Å². The highest BCUT2D eigenvalue weighted by atomic mass is 32.1. The third-order valence-electron chi connectivity index (χ3n) is 3.83. The third kappa shape index (κ3) is 4.97. The Balaban J connectivity index is 1.37. The smallest absolute Gasteiger partial charge is 0.180 e. The first kappa shape index (κ1) is 17.3. The number of aryl methyl sites for hydroxylation is 1. The highest BCUT2D eigenvalue weighted by Crippen LogP contribution is 2.25. The Kier molecular flexibility index (Phi) is 5.90. The van der Waals surface area contributed by atoms with Crippen molar-refractivity contribution in [1.29, 1.82) is 0 Å². The van der Waals surface area contributed by atoms with Crippen LogP contribution in [0.2, 0.25) is 0 Å². The number of anilines is 1. The van der Waals surface area contributed by atoms with Gasteiger partial charge in [0.15, 0.2) is 5.13 Å². The molecule has 0 unspecified atom stereocenters. The SMILES string of the molecule is Cc1ccccc1OCCCCOc1ccc(-c2csc(N)n2)cc1. The van der Waals surface area contributed by atoms with E-state index in [-0.39, 0.29) is 0 Å². The van der Waals surface area contributed by atoms with Gasteiger partial charge in [-0.3, -0.25) is 0 Å². The molecule has 0 aliphatic rings. The average molecular weight is 354 g/mol. The van der Waals surface area contributed by atoms with Crippen molar-refractivity contribution in [2.24, 2.45) is 0 Å². The highest BCUT2D eigenvalue weighted by Gasteiger charge is 2.03. The summed E-state index contributed by atoms with van der Waals surface area (Å²) in [5, 5.41) is 2.54. The second-order valence-corrected chi connectivity index (χ2v) is 6.65. The number of aromatic nitrogens is 1. The van der Waals surface area contributed by atoms with Gasteiger partial charge in [-0.15, -0.1) is 11.3 Å². The molecule has 1 heterocycles. The van der Waals surface area contributed by atoms with Crippen LogP contribution in [0.3, 0.4) is 0 Å². The second kappa shape index (κ2) is 8.53. The van der Waals surface area contributed by atoms with Gasteiger partial charge >= 0.3 is 0 Å². The molecule has 0 saturated heterocycles. The molecule has 0 aliphatic heterocycles. The number of ether oxygens (including phenoxy) is 2. The van der Waals surface area contributed by atoms with Crippen LogP contribution in [0.4, 0.5) is 5.13 Å². The number of benzene rings is 2. The van der Waals surface area contributed by atoms with Crippen molar-refractivity contribution in [3.05, 3.63) is 59.5 Å². The van der Waals surface area contributed by atoms with E-state index in [0.717, 1.165) is 35.6 Å². The third-order valence-corrected chi connectivity index (χ3v) is 4.50. The summed E-state index contributed by atoms with van der Waals surface area (Å²) in [6, 6.07) is 16.0. The number of hydrogen-bond acceptors (Lipinski definition) is 5. The predicted octanol–water partition coefficient (Wildman–Crippen LogP) is 4.94. The lowest BCUT2D eigenvalue weighted by atomic mass is 10.2. The molecule has 3 aromatic rings. The van der Waals surface area contributed by atoms with Crippen molar-refractivity contribution in [2.75, 3.05) is 18.9 Å². The van der Waals surface area contributed by atoms with Crippen molar-refractivity contribution < 1.29 is 9.47 Å². The number of para-hydroxylation sites is 1. The Morgan fingerprint density at radius 2 is 1.68 bits per heavy atom. The Bertz CT molecular complexity index is 799. The molecule has 1 aromatic heterocycles. The summed E-state index contributed by atoms with van der Waals surface area (Å²) in [7, 11) is 0. The van der Waals surface area contributed by atoms with Gasteiger partial charge in [-0.05, 0) is 55.7 Å². The first-order valence-corrected chi connectivity index (χ1v) is 9.23. The van der Waals surface area contributed by atoms with Gasteiger partial charge in [0.2, 0.25) is 0 Å². The molecule has 0 bridgehead atoms. The van der Waals surface area contributed by atoms with Crippen LogP contribution in [-0.2, 0) is 0 Å². The van der Waals surface area contributed by atoms with Gasteiger partial charge in [-0.25, -0.2) is 4.98 Å². The Labute approximate surface area is 152 Å². The molecule has 130 valence electrons. The number of hydrogen-bond donors (Lipinski definition) is 1. The highest BCUT2D eigenvalue weighted by molar-refractivity contribution is 7.13. The van der Waals surface area contributed by atoms with Crippen LogP contribution in [0.5, 0.6) is 11.5 Å². The monoisotopic (exact) mass is 354 g/mol. The minimum absolute atomic E-state index is 0.586. The summed E-state index contributed by atoms with van der Waals surface area (Å²) < 4.78 is 11.6. The first-order chi connectivity index (χ1) is 12.2. The molecule has 2 aromatic carbocycles. The van der Waals surface area contributed by atoms with Crippen LogP contribution < -0.4 is 15.2 Å². The van der Waals surface area contributed by atoms with E-state index in [9.17, 15) is 0 Å². The molecule has 0 radical (unpaired) electrons. The van der Waals surface area contributed by atoms with Crippen LogP contribution in [0, 0.1) is 6.92 Å². The number of unbranched alkanes of at least 4 members (excludes halogenated alkanes) is 1. The summed E-state index contributed by atoms with van der Waals surface area (Å²) >= 11 is 1.45. The van der Waals surface area contributed by atoms with Crippen LogP contribution in [0.1, 0.15) is 18.4 Å². The lowest BCUT2D eigenvalue weighted by Gasteiger charge is -2.09. The summed E-state index contributed by atoms with van der Waals surface area (Å²) in [6.07, 6.45) is 1.92. The number of rotatable bonds is 8. The topological polar surface area (TPSA) is 57.4 Å². The van der Waals surface area contributed by atoms with E-state index in [1.54, 1.807) is 0 Å². The van der Waals surface area contributed by atoms with Gasteiger partial charge < -0.3 is 15.2 Å². The molecule has 0 spiro atoms. The quantitative estimate of drug-likeness (QED) is 0.582. The molecule has 4 nitrogen and oxygen atoms in total. The largest absolute Gasteiger partial charge is 0.494 e. The van der Waals surface area contributed by atoms with Crippen LogP contribution in [0.15, 0.2) is 53.9 Å². The number of thiazole rings is 1. The fourth-order valence-electron chi connectivity index (χ4n) is 2.44. The van der Waals surface area contributed by atoms with Crippen LogP contribution in [0.25, 0.3) is 11.3 Å². The van der Waals surface area contributed by atoms with Crippen LogP contribution in [-0.4, -0.2) is 18.2 Å². The lowest BCUT2D eigenvalue weighted by Crippen LogP contribution is -2.03. The molecular formula is C20H22N2O2S. The summed E-state index contributed by atoms with van der Waals surface area (Å²) in [5.74, 6) is 1.83. The molecule has 25 heavy (non-hydrogen) atoms. The number of nitrogen functional groups attached to an aromatic ring is 1. The van der Waals surface area contributed by atoms with E-state index in [4.69, 9.17) is 15.2 Å². The molecule has 3 rings (SSSR count). The van der Waals surface area contributed by atoms with E-state index < -0.39 is 0 Å². The predicted molar refractivity (Wildman–Crippen MR) is 103 cm³/mol. The standard InChI is InChI=1S/C20H22N2O2S/c1-15-6-2-3-7-19(15)24-13-5-4-12-23-17-10-8-16(9-11-17)18-14-25-20(21)22-18/h2-3,6-11,14H,4-5,12-13H2,1H3,(H2,21,22). The molecule has 0 aliphatic carbocycles. The minimum Gasteiger partial charge on any atom is -0.494 e. The van der Waals surface area contributed by atoms with Crippen molar-refractivity contribution in [3.63, 3.8) is 0 Å². The van der Waals surface area contributed by atoms with Gasteiger partial charge in [-0.1, -0.05) is 18.2 Å². The molecular weight excluding hydrogens is 332 g/mol. The van der Waals surface area contributed by atoms with Gasteiger partial charge in [0.25, 0.3) is 0 Å². The maximum Gasteiger partial charge on any atom is 0.180 e. The van der Waals surface area contributed by atoms with E-state index in [0.29, 0.717) is 18.3 Å². The van der Waals surface area contributed by atoms with Crippen molar-refractivity contribution >= 4 is 16.5 Å². The Morgan fingerprint density at radius 3 is 2.36 bits per heavy atom. The van der Waals surface area contributed by atoms with Gasteiger partial charge in [0.05, 0.1) is 18.9 Å². The molecule has 0 fully saturated rings. The lowest BCUT2D eigenvalue weighted by molar-refractivity contribution is 0.265. The molecule has 0 amide bonds. The minimum atomic E-state index is 0.586. The van der Waals surface area contributed by atoms with E-state index >= 15 is 0 Å². The van der Waals surface area contributed by atoms with Crippen LogP contribution >= 0.6 is 11.3 Å². The van der Waals surface area contributed by atoms with E-state index in [2.05, 4.69) is 18.0 Å². The summed E-state index contributed by atoms with van der Waals surface area (Å²) in [6.45, 7) is 3.45. The van der Waals surface area contributed by atoms with Gasteiger partial charge in [0.1, 0.15) is 11.5 Å². The van der Waals surface area contributed by atoms with Crippen molar-refractivity contribution in [3.8, 4) is 22.8 Å². The van der Waals surface area contributed by atoms with Crippen molar-refractivity contribution in [1.82, 2.24) is 4.98 Å². The molecule has 2 N–H and O–H groups in total. The average Bonchev–Trinajstić information content (AvgIpc) is 3.06. The zero-order valence-electron chi connectivity index (χ0n) is 14.3. The summed E-state index contributed by atoms with van der Waals surface area (Å²) in [4.78, 5) is 4.28. The fourth-order valence-corrected chi connectivity index (χ4v) is 3.01. The molecule has 0 saturated carbocycles. The van der Waals surface area contributed by atoms with E-state index in [1.807, 2.05) is 47.8 Å². The number of nitrogens with zero attached hydrogens (tertiary/aromatic N) is 1. The second-order valence-electron chi connectivity index (χ2n) is 5.76. The maximum absolute atomic E-state index is 5.78. The van der Waals surface area contributed by atoms with Gasteiger partial charge in [0, 0.05) is 10.9 Å². The maximum atomic E-state index is 5.78. The first-order valence-electron chi connectivity index (χ1n) is 8.35. The molecule has 5 heteroatoms. The Morgan fingerprint density at radius 1 is 0.960 bits per heavy atom. The Hall–Kier alpha value is -2.53. The van der Waals surface area contributed by atoms with Crippen molar-refractivity contribution in [2.45, 2.75) is 19.8 Å². The molecule has 0 atom stereocenters. The fraction of sp³-hybridized carbons (Fsp3) is 0.250. The number of nitrogens with two attached hydrogens (primary N) is 1. The zero-order chi connectivity index (χ0) is 17.5. The summed E-state index contributed by atoms with van der Waals surface area (Å²) in [5.41, 5.74) is 8.79.